The van der Waals surface area contributed by atoms with Crippen molar-refractivity contribution >= 4 is 35.6 Å². The van der Waals surface area contributed by atoms with Gasteiger partial charge in [0.25, 0.3) is 0 Å². The third kappa shape index (κ3) is 9.19. The van der Waals surface area contributed by atoms with Crippen molar-refractivity contribution < 1.29 is 39.3 Å². The second-order valence-electron chi connectivity index (χ2n) is 7.82. The number of carboxylic acid groups (broad SMARTS) is 2. The number of nitrogens with zero attached hydrogens (tertiary/aromatic N) is 2. The second kappa shape index (κ2) is 13.9. The normalized spacial score (nSPS) is 17.8. The van der Waals surface area contributed by atoms with Gasteiger partial charge in [0.05, 0.1) is 12.6 Å². The number of hydrogen-bond donors (Lipinski definition) is 8. The molecule has 0 aromatic rings. The minimum Gasteiger partial charge on any atom is -0.481 e. The highest BCUT2D eigenvalue weighted by Crippen LogP contribution is 2.20. The second-order valence-corrected chi connectivity index (χ2v) is 7.82. The molecule has 1 fully saturated rings. The van der Waals surface area contributed by atoms with Crippen LogP contribution < -0.4 is 27.8 Å². The monoisotopic (exact) mass is 487 g/mol. The number of aliphatic carboxylic acids is 2. The predicted molar refractivity (Wildman–Crippen MR) is 118 cm³/mol. The maximum atomic E-state index is 13.1. The van der Waals surface area contributed by atoms with E-state index in [2.05, 4.69) is 15.6 Å². The highest BCUT2D eigenvalue weighted by Gasteiger charge is 2.39. The summed E-state index contributed by atoms with van der Waals surface area (Å²) in [6, 6.07) is -4.83. The van der Waals surface area contributed by atoms with Gasteiger partial charge in [-0.1, -0.05) is 0 Å². The van der Waals surface area contributed by atoms with E-state index in [4.69, 9.17) is 32.5 Å². The Bertz CT molecular complexity index is 787. The van der Waals surface area contributed by atoms with Crippen molar-refractivity contribution in [2.24, 2.45) is 22.2 Å². The molecule has 4 unspecified atom stereocenters. The van der Waals surface area contributed by atoms with Gasteiger partial charge in [-0.05, 0) is 32.1 Å². The Labute approximate surface area is 195 Å². The van der Waals surface area contributed by atoms with Gasteiger partial charge in [-0.25, -0.2) is 4.79 Å². The number of aliphatic imine (C=N–C) groups is 1. The number of aliphatic hydroxyl groups is 1. The highest BCUT2D eigenvalue weighted by atomic mass is 16.4. The first-order chi connectivity index (χ1) is 16.0. The zero-order chi connectivity index (χ0) is 25.8. The van der Waals surface area contributed by atoms with Crippen molar-refractivity contribution in [3.8, 4) is 0 Å². The number of carbonyl (C=O) groups excluding carboxylic acids is 3. The lowest BCUT2D eigenvalue weighted by atomic mass is 10.1. The van der Waals surface area contributed by atoms with Crippen molar-refractivity contribution in [2.45, 2.75) is 62.7 Å². The van der Waals surface area contributed by atoms with E-state index >= 15 is 0 Å². The fourth-order valence-corrected chi connectivity index (χ4v) is 3.41. The fourth-order valence-electron chi connectivity index (χ4n) is 3.41. The van der Waals surface area contributed by atoms with Crippen molar-refractivity contribution in [1.29, 1.82) is 0 Å². The molecular weight excluding hydrogens is 454 g/mol. The molecule has 0 saturated carbocycles. The molecule has 34 heavy (non-hydrogen) atoms. The van der Waals surface area contributed by atoms with Gasteiger partial charge in [0.2, 0.25) is 17.7 Å². The molecule has 1 aliphatic heterocycles. The molecule has 15 heteroatoms. The number of guanidine groups is 1. The molecule has 4 atom stereocenters. The van der Waals surface area contributed by atoms with Gasteiger partial charge in [-0.3, -0.25) is 24.2 Å². The predicted octanol–water partition coefficient (Wildman–Crippen LogP) is -3.73. The van der Waals surface area contributed by atoms with E-state index in [9.17, 15) is 24.0 Å². The van der Waals surface area contributed by atoms with Crippen LogP contribution in [0, 0.1) is 0 Å². The maximum absolute atomic E-state index is 13.1. The molecule has 1 rings (SSSR count). The van der Waals surface area contributed by atoms with Gasteiger partial charge in [0.15, 0.2) is 5.96 Å². The average Bonchev–Trinajstić information content (AvgIpc) is 3.26. The molecule has 3 amide bonds. The molecule has 1 heterocycles. The number of hydrogen-bond acceptors (Lipinski definition) is 8. The van der Waals surface area contributed by atoms with Gasteiger partial charge in [-0.15, -0.1) is 0 Å². The summed E-state index contributed by atoms with van der Waals surface area (Å²) in [7, 11) is 0. The third-order valence-corrected chi connectivity index (χ3v) is 5.20. The van der Waals surface area contributed by atoms with Crippen LogP contribution in [0.3, 0.4) is 0 Å². The van der Waals surface area contributed by atoms with Crippen LogP contribution in [0.25, 0.3) is 0 Å². The molecule has 0 aromatic heterocycles. The Morgan fingerprint density at radius 1 is 1.06 bits per heavy atom. The zero-order valence-electron chi connectivity index (χ0n) is 18.7. The van der Waals surface area contributed by atoms with Crippen LogP contribution >= 0.6 is 0 Å². The molecule has 0 aliphatic carbocycles. The molecule has 0 aromatic carbocycles. The number of carboxylic acids is 2. The maximum Gasteiger partial charge on any atom is 0.328 e. The number of carbonyl (C=O) groups is 5. The number of nitrogens with one attached hydrogen (secondary N) is 2. The highest BCUT2D eigenvalue weighted by molar-refractivity contribution is 5.94. The number of nitrogens with two attached hydrogens (primary N) is 3. The van der Waals surface area contributed by atoms with Crippen LogP contribution in [0.2, 0.25) is 0 Å². The summed E-state index contributed by atoms with van der Waals surface area (Å²) in [6.07, 6.45) is 0.607. The molecular formula is C19H33N7O8. The number of amides is 3. The first-order valence-corrected chi connectivity index (χ1v) is 10.8. The van der Waals surface area contributed by atoms with E-state index in [1.165, 1.54) is 4.90 Å². The van der Waals surface area contributed by atoms with Crippen LogP contribution in [-0.2, 0) is 24.0 Å². The number of aliphatic hydroxyl groups excluding tert-OH is 1. The Morgan fingerprint density at radius 2 is 1.74 bits per heavy atom. The molecule has 0 radical (unpaired) electrons. The quantitative estimate of drug-likeness (QED) is 0.0670. The van der Waals surface area contributed by atoms with Crippen molar-refractivity contribution in [2.75, 3.05) is 19.7 Å². The van der Waals surface area contributed by atoms with E-state index in [0.717, 1.165) is 0 Å². The average molecular weight is 488 g/mol. The SMILES string of the molecule is NC(N)=NCCCC(N)C(=O)NC(CCC(=O)O)C(=O)N1CCCC1C(=O)NC(CO)C(=O)O. The van der Waals surface area contributed by atoms with E-state index in [0.29, 0.717) is 12.8 Å². The Kier molecular flexibility index (Phi) is 11.7. The van der Waals surface area contributed by atoms with E-state index < -0.39 is 66.9 Å². The van der Waals surface area contributed by atoms with Crippen molar-refractivity contribution in [3.05, 3.63) is 0 Å². The lowest BCUT2D eigenvalue weighted by molar-refractivity contribution is -0.145. The summed E-state index contributed by atoms with van der Waals surface area (Å²) in [4.78, 5) is 65.3. The Hall–Kier alpha value is -3.46. The molecule has 1 saturated heterocycles. The number of likely N-dealkylation sites (tertiary alicyclic amines) is 1. The molecule has 15 nitrogen and oxygen atoms in total. The summed E-state index contributed by atoms with van der Waals surface area (Å²) >= 11 is 0. The van der Waals surface area contributed by atoms with Crippen LogP contribution in [-0.4, -0.2) is 99.7 Å². The standard InChI is InChI=1S/C19H33N7O8/c20-10(3-1-7-23-19(21)22)15(30)24-11(5-6-14(28)29)17(32)26-8-2-4-13(26)16(31)25-12(9-27)18(33)34/h10-13,27H,1-9,20H2,(H,24,30)(H,25,31)(H,28,29)(H,33,34)(H4,21,22,23). The molecule has 192 valence electrons. The van der Waals surface area contributed by atoms with Gasteiger partial charge in [0.1, 0.15) is 18.1 Å². The van der Waals surface area contributed by atoms with E-state index in [-0.39, 0.29) is 38.3 Å². The smallest absolute Gasteiger partial charge is 0.328 e. The Balaban J connectivity index is 2.88. The van der Waals surface area contributed by atoms with Crippen LogP contribution in [0.4, 0.5) is 0 Å². The minimum absolute atomic E-state index is 0.102. The summed E-state index contributed by atoms with van der Waals surface area (Å²) in [6.45, 7) is -0.432. The van der Waals surface area contributed by atoms with Crippen molar-refractivity contribution in [3.63, 3.8) is 0 Å². The largest absolute Gasteiger partial charge is 0.481 e. The first kappa shape index (κ1) is 28.6. The van der Waals surface area contributed by atoms with Gasteiger partial charge < -0.3 is 48.1 Å². The number of rotatable bonds is 14. The van der Waals surface area contributed by atoms with Gasteiger partial charge >= 0.3 is 11.9 Å². The van der Waals surface area contributed by atoms with E-state index in [1.807, 2.05) is 0 Å². The van der Waals surface area contributed by atoms with Crippen LogP contribution in [0.15, 0.2) is 4.99 Å². The summed E-state index contributed by atoms with van der Waals surface area (Å²) in [5.41, 5.74) is 16.3. The Morgan fingerprint density at radius 3 is 2.29 bits per heavy atom. The third-order valence-electron chi connectivity index (χ3n) is 5.20. The zero-order valence-corrected chi connectivity index (χ0v) is 18.7. The van der Waals surface area contributed by atoms with Gasteiger partial charge in [0, 0.05) is 19.5 Å². The lowest BCUT2D eigenvalue weighted by Crippen LogP contribution is -2.57. The van der Waals surface area contributed by atoms with Crippen LogP contribution in [0.5, 0.6) is 0 Å². The molecule has 1 aliphatic rings. The lowest BCUT2D eigenvalue weighted by Gasteiger charge is -2.29. The molecule has 0 spiro atoms. The molecule has 0 bridgehead atoms. The summed E-state index contributed by atoms with van der Waals surface area (Å²) in [5, 5.41) is 31.8. The summed E-state index contributed by atoms with van der Waals surface area (Å²) < 4.78 is 0. The van der Waals surface area contributed by atoms with Crippen LogP contribution in [0.1, 0.15) is 38.5 Å². The fraction of sp³-hybridized carbons (Fsp3) is 0.684. The molecule has 11 N–H and O–H groups in total. The van der Waals surface area contributed by atoms with Crippen molar-refractivity contribution in [1.82, 2.24) is 15.5 Å². The van der Waals surface area contributed by atoms with Gasteiger partial charge in [-0.2, -0.15) is 0 Å². The topological polar surface area (TPSA) is 264 Å². The minimum atomic E-state index is -1.54. The van der Waals surface area contributed by atoms with E-state index in [1.54, 1.807) is 0 Å². The summed E-state index contributed by atoms with van der Waals surface area (Å²) in [5.74, 6) is -4.86. The first-order valence-electron chi connectivity index (χ1n) is 10.8.